The van der Waals surface area contributed by atoms with Crippen LogP contribution < -0.4 is 31.3 Å². The SMILES string of the molecule is C[C@H]1CCCCN1c1nnc2ccc(O[C@@H]3CC[C@H](NC(=O)NC(C=C(N)C(C)(C)C)=Nc4cccc(CN5CCNCC5)c4)c4ccccc43)cn12. The van der Waals surface area contributed by atoms with Gasteiger partial charge in [-0.15, -0.1) is 10.2 Å². The average Bonchev–Trinajstić information content (AvgIpc) is 3.56. The molecule has 12 heteroatoms. The highest BCUT2D eigenvalue weighted by molar-refractivity contribution is 6.05. The van der Waals surface area contributed by atoms with Crippen LogP contribution in [0, 0.1) is 5.41 Å². The van der Waals surface area contributed by atoms with E-state index in [2.05, 4.69) is 67.1 Å². The number of urea groups is 1. The van der Waals surface area contributed by atoms with E-state index in [1.54, 1.807) is 6.08 Å². The lowest BCUT2D eigenvalue weighted by Crippen LogP contribution is -2.42. The molecule has 4 aromatic rings. The lowest BCUT2D eigenvalue weighted by Gasteiger charge is -2.33. The van der Waals surface area contributed by atoms with Gasteiger partial charge in [0.15, 0.2) is 5.65 Å². The van der Waals surface area contributed by atoms with E-state index in [1.807, 2.05) is 67.8 Å². The number of fused-ring (bicyclic) bond motifs is 2. The van der Waals surface area contributed by atoms with E-state index >= 15 is 0 Å². The van der Waals surface area contributed by atoms with E-state index in [9.17, 15) is 4.79 Å². The zero-order chi connectivity index (χ0) is 37.0. The molecule has 5 N–H and O–H groups in total. The van der Waals surface area contributed by atoms with Crippen molar-refractivity contribution in [1.82, 2.24) is 35.4 Å². The lowest BCUT2D eigenvalue weighted by atomic mass is 9.85. The van der Waals surface area contributed by atoms with Crippen molar-refractivity contribution in [1.29, 1.82) is 0 Å². The van der Waals surface area contributed by atoms with Gasteiger partial charge in [0.2, 0.25) is 5.95 Å². The molecule has 2 aromatic heterocycles. The molecule has 2 fully saturated rings. The summed E-state index contributed by atoms with van der Waals surface area (Å²) in [6.07, 6.45) is 8.59. The highest BCUT2D eigenvalue weighted by Crippen LogP contribution is 2.39. The molecular weight excluding hydrogens is 665 g/mol. The van der Waals surface area contributed by atoms with Gasteiger partial charge in [-0.2, -0.15) is 0 Å². The van der Waals surface area contributed by atoms with E-state index in [0.717, 1.165) is 92.7 Å². The van der Waals surface area contributed by atoms with Crippen LogP contribution in [-0.4, -0.2) is 70.1 Å². The summed E-state index contributed by atoms with van der Waals surface area (Å²) in [6, 6.07) is 20.2. The van der Waals surface area contributed by atoms with Gasteiger partial charge in [-0.3, -0.25) is 14.6 Å². The minimum atomic E-state index is -0.338. The predicted molar refractivity (Wildman–Crippen MR) is 211 cm³/mol. The molecule has 0 unspecified atom stereocenters. The first-order valence-corrected chi connectivity index (χ1v) is 19.1. The summed E-state index contributed by atoms with van der Waals surface area (Å²) >= 11 is 0. The minimum absolute atomic E-state index is 0.168. The van der Waals surface area contributed by atoms with Gasteiger partial charge in [-0.05, 0) is 80.0 Å². The van der Waals surface area contributed by atoms with Crippen molar-refractivity contribution >= 4 is 29.1 Å². The largest absolute Gasteiger partial charge is 0.484 e. The number of carbonyl (C=O) groups excluding carboxylic acids is 1. The minimum Gasteiger partial charge on any atom is -0.484 e. The molecule has 0 saturated carbocycles. The van der Waals surface area contributed by atoms with E-state index < -0.39 is 0 Å². The molecule has 2 aliphatic heterocycles. The smallest absolute Gasteiger partial charge is 0.320 e. The number of aromatic nitrogens is 3. The van der Waals surface area contributed by atoms with Gasteiger partial charge >= 0.3 is 6.03 Å². The fraction of sp³-hybridized carbons (Fsp3) is 0.463. The number of nitrogens with zero attached hydrogens (tertiary/aromatic N) is 6. The maximum absolute atomic E-state index is 13.7. The Morgan fingerprint density at radius 3 is 2.60 bits per heavy atom. The number of hydrogen-bond donors (Lipinski definition) is 4. The van der Waals surface area contributed by atoms with Gasteiger partial charge in [0.05, 0.1) is 17.9 Å². The predicted octanol–water partition coefficient (Wildman–Crippen LogP) is 6.39. The number of allylic oxidation sites excluding steroid dienone is 1. The number of amidine groups is 1. The van der Waals surface area contributed by atoms with Crippen LogP contribution >= 0.6 is 0 Å². The monoisotopic (exact) mass is 718 g/mol. The summed E-state index contributed by atoms with van der Waals surface area (Å²) in [5.41, 5.74) is 11.7. The van der Waals surface area contributed by atoms with Crippen LogP contribution in [0.4, 0.5) is 16.4 Å². The van der Waals surface area contributed by atoms with Crippen molar-refractivity contribution in [3.05, 3.63) is 95.3 Å². The van der Waals surface area contributed by atoms with E-state index in [4.69, 9.17) is 15.5 Å². The summed E-state index contributed by atoms with van der Waals surface area (Å²) in [6.45, 7) is 14.2. The number of rotatable bonds is 8. The molecule has 0 spiro atoms. The molecule has 53 heavy (non-hydrogen) atoms. The summed E-state index contributed by atoms with van der Waals surface area (Å²) < 4.78 is 8.72. The fourth-order valence-corrected chi connectivity index (χ4v) is 7.47. The molecule has 12 nitrogen and oxygen atoms in total. The Hall–Kier alpha value is -4.94. The number of carbonyl (C=O) groups is 1. The first kappa shape index (κ1) is 36.4. The third-order valence-electron chi connectivity index (χ3n) is 10.6. The van der Waals surface area contributed by atoms with Gasteiger partial charge in [-0.1, -0.05) is 57.2 Å². The molecule has 3 atom stereocenters. The number of piperazine rings is 1. The summed E-state index contributed by atoms with van der Waals surface area (Å²) in [7, 11) is 0. The first-order chi connectivity index (χ1) is 25.6. The van der Waals surface area contributed by atoms with Gasteiger partial charge in [0.1, 0.15) is 17.7 Å². The standard InChI is InChI=1S/C41H54N10O2/c1-28-10-7-8-21-50(28)40-48-47-38-18-15-31(27-51(38)40)53-35-17-16-34(32-13-5-6-14-33(32)35)45-39(52)46-37(25-36(42)41(2,3)4)44-30-12-9-11-29(24-30)26-49-22-19-43-20-23-49/h5-6,9,11-15,18,24-25,27-28,34-35,43H,7-8,10,16-17,19-23,26,42H2,1-4H3,(H2,44,45,46,52)/t28-,34-,35+/m0/s1. The summed E-state index contributed by atoms with van der Waals surface area (Å²) in [4.78, 5) is 23.4. The number of aliphatic imine (C=N–C) groups is 1. The number of nitrogens with one attached hydrogen (secondary N) is 3. The molecule has 2 saturated heterocycles. The zero-order valence-corrected chi connectivity index (χ0v) is 31.5. The Morgan fingerprint density at radius 1 is 1.00 bits per heavy atom. The third kappa shape index (κ3) is 8.82. The Kier molecular flexibility index (Phi) is 11.0. The van der Waals surface area contributed by atoms with E-state index in [-0.39, 0.29) is 23.6 Å². The highest BCUT2D eigenvalue weighted by Gasteiger charge is 2.30. The molecule has 1 aliphatic carbocycles. The summed E-state index contributed by atoms with van der Waals surface area (Å²) in [5.74, 6) is 2.01. The van der Waals surface area contributed by atoms with Crippen LogP contribution in [0.25, 0.3) is 5.65 Å². The fourth-order valence-electron chi connectivity index (χ4n) is 7.47. The Balaban J connectivity index is 1.06. The van der Waals surface area contributed by atoms with Crippen molar-refractivity contribution in [3.63, 3.8) is 0 Å². The highest BCUT2D eigenvalue weighted by atomic mass is 16.5. The number of hydrogen-bond acceptors (Lipinski definition) is 9. The van der Waals surface area contributed by atoms with Crippen molar-refractivity contribution in [2.45, 2.75) is 84.5 Å². The molecule has 280 valence electrons. The van der Waals surface area contributed by atoms with Gasteiger partial charge < -0.3 is 26.0 Å². The molecular formula is C41H54N10O2. The molecule has 3 aliphatic rings. The normalized spacial score (nSPS) is 21.7. The maximum atomic E-state index is 13.7. The van der Waals surface area contributed by atoms with Crippen molar-refractivity contribution in [2.24, 2.45) is 16.1 Å². The lowest BCUT2D eigenvalue weighted by molar-refractivity contribution is 0.171. The zero-order valence-electron chi connectivity index (χ0n) is 31.5. The second-order valence-corrected chi connectivity index (χ2v) is 15.6. The molecule has 4 heterocycles. The average molecular weight is 719 g/mol. The second kappa shape index (κ2) is 16.0. The molecule has 0 bridgehead atoms. The number of pyridine rings is 1. The topological polar surface area (TPSA) is 137 Å². The number of piperidine rings is 1. The van der Waals surface area contributed by atoms with Crippen LogP contribution in [0.3, 0.4) is 0 Å². The van der Waals surface area contributed by atoms with Gasteiger partial charge in [-0.25, -0.2) is 9.79 Å². The van der Waals surface area contributed by atoms with Crippen LogP contribution in [0.5, 0.6) is 5.75 Å². The molecule has 0 radical (unpaired) electrons. The van der Waals surface area contributed by atoms with Crippen molar-refractivity contribution < 1.29 is 9.53 Å². The van der Waals surface area contributed by atoms with Crippen LogP contribution in [0.15, 0.2) is 83.6 Å². The van der Waals surface area contributed by atoms with E-state index in [1.165, 1.54) is 12.0 Å². The van der Waals surface area contributed by atoms with Gasteiger partial charge in [0, 0.05) is 62.5 Å². The molecule has 2 aromatic carbocycles. The number of benzene rings is 2. The third-order valence-corrected chi connectivity index (χ3v) is 10.6. The maximum Gasteiger partial charge on any atom is 0.320 e. The number of nitrogens with two attached hydrogens (primary N) is 1. The molecule has 2 amide bonds. The van der Waals surface area contributed by atoms with E-state index in [0.29, 0.717) is 24.0 Å². The van der Waals surface area contributed by atoms with Crippen LogP contribution in [0.1, 0.15) is 88.6 Å². The van der Waals surface area contributed by atoms with Crippen LogP contribution in [-0.2, 0) is 6.54 Å². The Morgan fingerprint density at radius 2 is 1.81 bits per heavy atom. The van der Waals surface area contributed by atoms with Crippen molar-refractivity contribution in [3.8, 4) is 5.75 Å². The van der Waals surface area contributed by atoms with Crippen LogP contribution in [0.2, 0.25) is 0 Å². The molecule has 7 rings (SSSR count). The number of anilines is 1. The van der Waals surface area contributed by atoms with Gasteiger partial charge in [0.25, 0.3) is 0 Å². The summed E-state index contributed by atoms with van der Waals surface area (Å²) in [5, 5.41) is 18.6. The Bertz CT molecular complexity index is 1960. The second-order valence-electron chi connectivity index (χ2n) is 15.6. The Labute approximate surface area is 312 Å². The quantitative estimate of drug-likeness (QED) is 0.122. The van der Waals surface area contributed by atoms with Crippen molar-refractivity contribution in [2.75, 3.05) is 37.6 Å². The number of amides is 2. The first-order valence-electron chi connectivity index (χ1n) is 19.1. The number of ether oxygens (including phenoxy) is 1.